The predicted molar refractivity (Wildman–Crippen MR) is 52.6 cm³/mol. The van der Waals surface area contributed by atoms with E-state index in [1.54, 1.807) is 0 Å². The third-order valence-corrected chi connectivity index (χ3v) is 1.39. The van der Waals surface area contributed by atoms with Gasteiger partial charge in [0, 0.05) is 12.6 Å². The Hall–Kier alpha value is -1.22. The average molecular weight is 239 g/mol. The summed E-state index contributed by atoms with van der Waals surface area (Å²) in [4.78, 5) is 19.5. The van der Waals surface area contributed by atoms with E-state index in [4.69, 9.17) is 31.3 Å². The monoisotopic (exact) mass is 239 g/mol. The fourth-order valence-electron chi connectivity index (χ4n) is 0.474. The molecule has 0 aromatic rings. The van der Waals surface area contributed by atoms with Crippen LogP contribution in [0.5, 0.6) is 0 Å². The molecule has 8 nitrogen and oxygen atoms in total. The Labute approximate surface area is 91.9 Å². The summed E-state index contributed by atoms with van der Waals surface area (Å²) in [5.74, 6) is -3.54. The topological polar surface area (TPSA) is 161 Å². The van der Waals surface area contributed by atoms with Gasteiger partial charge in [0.2, 0.25) is 0 Å². The number of hydrogen-bond donors (Lipinski definition) is 6. The van der Waals surface area contributed by atoms with Crippen LogP contribution in [0.25, 0.3) is 0 Å². The lowest BCUT2D eigenvalue weighted by atomic mass is 10.2. The second-order valence-corrected chi connectivity index (χ2v) is 3.06. The molecule has 0 unspecified atom stereocenters. The Morgan fingerprint density at radius 3 is 1.50 bits per heavy atom. The van der Waals surface area contributed by atoms with E-state index < -0.39 is 24.1 Å². The van der Waals surface area contributed by atoms with Crippen LogP contribution < -0.4 is 5.73 Å². The number of aliphatic carboxylic acids is 2. The minimum absolute atomic E-state index is 0.148. The molecule has 0 saturated heterocycles. The van der Waals surface area contributed by atoms with Crippen molar-refractivity contribution >= 4 is 11.9 Å². The normalized spacial score (nSPS) is 15.3. The van der Waals surface area contributed by atoms with Crippen molar-refractivity contribution in [2.45, 2.75) is 31.6 Å². The van der Waals surface area contributed by atoms with Crippen molar-refractivity contribution in [3.63, 3.8) is 0 Å². The molecule has 0 saturated carbocycles. The number of nitrogens with two attached hydrogens (primary N) is 1. The molecule has 8 heteroatoms. The van der Waals surface area contributed by atoms with Crippen LogP contribution in [0.2, 0.25) is 0 Å². The first-order valence-corrected chi connectivity index (χ1v) is 4.42. The van der Waals surface area contributed by atoms with Gasteiger partial charge in [-0.05, 0) is 13.3 Å². The summed E-state index contributed by atoms with van der Waals surface area (Å²) in [5, 5.41) is 40.7. The first-order valence-electron chi connectivity index (χ1n) is 4.42. The molecule has 0 bridgehead atoms. The summed E-state index contributed by atoms with van der Waals surface area (Å²) in [6.45, 7) is 2.08. The summed E-state index contributed by atoms with van der Waals surface area (Å²) in [6, 6.07) is 0.148. The Morgan fingerprint density at radius 2 is 1.44 bits per heavy atom. The molecule has 3 atom stereocenters. The molecular weight excluding hydrogens is 222 g/mol. The molecule has 0 rings (SSSR count). The lowest BCUT2D eigenvalue weighted by Crippen LogP contribution is -2.39. The highest BCUT2D eigenvalue weighted by atomic mass is 16.4. The van der Waals surface area contributed by atoms with E-state index in [1.165, 1.54) is 0 Å². The number of hydrogen-bond acceptors (Lipinski definition) is 6. The van der Waals surface area contributed by atoms with E-state index in [0.717, 1.165) is 0 Å². The zero-order valence-corrected chi connectivity index (χ0v) is 8.78. The maximum Gasteiger partial charge on any atom is 0.335 e. The summed E-state index contributed by atoms with van der Waals surface area (Å²) < 4.78 is 0. The van der Waals surface area contributed by atoms with Crippen LogP contribution in [0.4, 0.5) is 0 Å². The van der Waals surface area contributed by atoms with Crippen molar-refractivity contribution in [3.05, 3.63) is 0 Å². The molecule has 0 spiro atoms. The first-order chi connectivity index (χ1) is 7.23. The van der Waals surface area contributed by atoms with Gasteiger partial charge in [-0.2, -0.15) is 0 Å². The Kier molecular flexibility index (Phi) is 9.71. The van der Waals surface area contributed by atoms with Gasteiger partial charge >= 0.3 is 11.9 Å². The summed E-state index contributed by atoms with van der Waals surface area (Å²) in [7, 11) is 0. The van der Waals surface area contributed by atoms with E-state index in [9.17, 15) is 9.59 Å². The minimum atomic E-state index is -2.27. The van der Waals surface area contributed by atoms with Crippen molar-refractivity contribution in [1.82, 2.24) is 0 Å². The number of carboxylic acids is 2. The second kappa shape index (κ2) is 9.04. The van der Waals surface area contributed by atoms with Gasteiger partial charge in [-0.3, -0.25) is 0 Å². The van der Waals surface area contributed by atoms with Gasteiger partial charge in [-0.25, -0.2) is 9.59 Å². The van der Waals surface area contributed by atoms with E-state index in [-0.39, 0.29) is 12.6 Å². The number of carboxylic acid groups (broad SMARTS) is 2. The molecule has 0 aromatic carbocycles. The van der Waals surface area contributed by atoms with Gasteiger partial charge in [-0.15, -0.1) is 0 Å². The maximum absolute atomic E-state index is 9.77. The van der Waals surface area contributed by atoms with E-state index in [0.29, 0.717) is 6.42 Å². The second-order valence-electron chi connectivity index (χ2n) is 3.06. The van der Waals surface area contributed by atoms with E-state index in [1.807, 2.05) is 6.92 Å². The largest absolute Gasteiger partial charge is 0.479 e. The van der Waals surface area contributed by atoms with Gasteiger partial charge in [-0.1, -0.05) is 0 Å². The number of aliphatic hydroxyl groups excluding tert-OH is 3. The lowest BCUT2D eigenvalue weighted by molar-refractivity contribution is -0.165. The van der Waals surface area contributed by atoms with Gasteiger partial charge < -0.3 is 31.3 Å². The van der Waals surface area contributed by atoms with E-state index >= 15 is 0 Å². The van der Waals surface area contributed by atoms with Crippen molar-refractivity contribution in [1.29, 1.82) is 0 Å². The highest BCUT2D eigenvalue weighted by Crippen LogP contribution is 1.92. The standard InChI is InChI=1S/C4H11NO.C4H6O6/c1-4(5)2-3-6;5-1(3(7)8)2(6)4(9)10/h4,6H,2-3,5H2,1H3;1-2,5-6H,(H,7,8)(H,9,10)/t4-;1-,2-/m11/s1. The molecule has 0 aromatic heterocycles. The molecule has 96 valence electrons. The molecule has 0 amide bonds. The Balaban J connectivity index is 0. The molecule has 0 aliphatic carbocycles. The van der Waals surface area contributed by atoms with E-state index in [2.05, 4.69) is 0 Å². The Bertz CT molecular complexity index is 200. The van der Waals surface area contributed by atoms with Crippen LogP contribution in [0, 0.1) is 0 Å². The van der Waals surface area contributed by atoms with Crippen molar-refractivity contribution in [2.75, 3.05) is 6.61 Å². The molecular formula is C8H17NO7. The Morgan fingerprint density at radius 1 is 1.12 bits per heavy atom. The van der Waals surface area contributed by atoms with Gasteiger partial charge in [0.1, 0.15) is 0 Å². The number of carbonyl (C=O) groups is 2. The van der Waals surface area contributed by atoms with Crippen LogP contribution >= 0.6 is 0 Å². The zero-order chi connectivity index (χ0) is 13.3. The molecule has 7 N–H and O–H groups in total. The third-order valence-electron chi connectivity index (χ3n) is 1.39. The minimum Gasteiger partial charge on any atom is -0.479 e. The van der Waals surface area contributed by atoms with Crippen molar-refractivity contribution < 1.29 is 35.1 Å². The zero-order valence-electron chi connectivity index (χ0n) is 8.78. The van der Waals surface area contributed by atoms with Crippen molar-refractivity contribution in [3.8, 4) is 0 Å². The van der Waals surface area contributed by atoms with Gasteiger partial charge in [0.15, 0.2) is 12.2 Å². The average Bonchev–Trinajstić information content (AvgIpc) is 2.15. The van der Waals surface area contributed by atoms with Crippen LogP contribution in [-0.4, -0.2) is 62.3 Å². The molecule has 0 aliphatic heterocycles. The SMILES string of the molecule is C[C@@H](N)CCO.O=C(O)[C@H](O)[C@@H](O)C(=O)O. The lowest BCUT2D eigenvalue weighted by Gasteiger charge is -2.07. The van der Waals surface area contributed by atoms with Gasteiger partial charge in [0.05, 0.1) is 0 Å². The third kappa shape index (κ3) is 9.34. The molecule has 0 heterocycles. The molecule has 0 fully saturated rings. The fraction of sp³-hybridized carbons (Fsp3) is 0.750. The summed E-state index contributed by atoms with van der Waals surface area (Å²) in [5.41, 5.74) is 5.24. The highest BCUT2D eigenvalue weighted by Gasteiger charge is 2.29. The van der Waals surface area contributed by atoms with Crippen LogP contribution in [0.1, 0.15) is 13.3 Å². The van der Waals surface area contributed by atoms with Crippen LogP contribution in [0.3, 0.4) is 0 Å². The maximum atomic E-state index is 9.77. The highest BCUT2D eigenvalue weighted by molar-refractivity contribution is 5.83. The van der Waals surface area contributed by atoms with Crippen LogP contribution in [0.15, 0.2) is 0 Å². The predicted octanol–water partition coefficient (Wildman–Crippen LogP) is -2.41. The number of aliphatic hydroxyl groups is 3. The summed E-state index contributed by atoms with van der Waals surface area (Å²) in [6.07, 6.45) is -3.82. The smallest absolute Gasteiger partial charge is 0.335 e. The fourth-order valence-corrected chi connectivity index (χ4v) is 0.474. The molecule has 0 aliphatic rings. The number of rotatable bonds is 5. The first kappa shape index (κ1) is 17.2. The van der Waals surface area contributed by atoms with Crippen LogP contribution in [-0.2, 0) is 9.59 Å². The van der Waals surface area contributed by atoms with Gasteiger partial charge in [0.25, 0.3) is 0 Å². The summed E-state index contributed by atoms with van der Waals surface area (Å²) >= 11 is 0. The quantitative estimate of drug-likeness (QED) is 0.309. The van der Waals surface area contributed by atoms with Crippen molar-refractivity contribution in [2.24, 2.45) is 5.73 Å². The molecule has 0 radical (unpaired) electrons. The molecule has 16 heavy (non-hydrogen) atoms.